The molecule has 1 heterocycles. The fourth-order valence-electron chi connectivity index (χ4n) is 1.38. The number of ether oxygens (including phenoxy) is 1. The van der Waals surface area contributed by atoms with Gasteiger partial charge in [0.15, 0.2) is 4.77 Å². The van der Waals surface area contributed by atoms with Gasteiger partial charge >= 0.3 is 0 Å². The number of hydrogen-bond donors (Lipinski definition) is 2. The van der Waals surface area contributed by atoms with Gasteiger partial charge in [-0.2, -0.15) is 0 Å². The third kappa shape index (κ3) is 2.75. The van der Waals surface area contributed by atoms with Crippen LogP contribution in [0.25, 0.3) is 0 Å². The predicted octanol–water partition coefficient (Wildman–Crippen LogP) is 3.84. The molecule has 0 saturated heterocycles. The molecule has 2 N–H and O–H groups in total. The Morgan fingerprint density at radius 3 is 2.61 bits per heavy atom. The van der Waals surface area contributed by atoms with Crippen LogP contribution >= 0.6 is 35.4 Å². The van der Waals surface area contributed by atoms with Crippen molar-refractivity contribution in [3.63, 3.8) is 0 Å². The molecule has 1 aromatic heterocycles. The van der Waals surface area contributed by atoms with Crippen molar-refractivity contribution < 1.29 is 4.74 Å². The van der Waals surface area contributed by atoms with Crippen LogP contribution in [0.2, 0.25) is 10.0 Å². The smallest absolute Gasteiger partial charge is 0.294 e. The largest absolute Gasteiger partial charge is 0.448 e. The lowest BCUT2D eigenvalue weighted by molar-refractivity contribution is 0.467. The van der Waals surface area contributed by atoms with Crippen LogP contribution in [0.1, 0.15) is 5.69 Å². The van der Waals surface area contributed by atoms with Gasteiger partial charge < -0.3 is 9.72 Å². The van der Waals surface area contributed by atoms with E-state index in [4.69, 9.17) is 40.2 Å². The molecular formula is C11H8Cl2N2O2S. The highest BCUT2D eigenvalue weighted by molar-refractivity contribution is 7.71. The van der Waals surface area contributed by atoms with E-state index in [2.05, 4.69) is 9.97 Å². The van der Waals surface area contributed by atoms with Crippen LogP contribution < -0.4 is 10.3 Å². The Kier molecular flexibility index (Phi) is 3.75. The first kappa shape index (κ1) is 13.1. The number of aromatic amines is 2. The zero-order valence-corrected chi connectivity index (χ0v) is 11.5. The van der Waals surface area contributed by atoms with Crippen LogP contribution in [0.4, 0.5) is 0 Å². The SMILES string of the molecule is Cc1[nH]c(=S)[nH]c(=O)c1Oc1ccc(Cl)cc1Cl. The molecule has 18 heavy (non-hydrogen) atoms. The second kappa shape index (κ2) is 5.14. The number of nitrogens with one attached hydrogen (secondary N) is 2. The normalized spacial score (nSPS) is 10.4. The van der Waals surface area contributed by atoms with E-state index < -0.39 is 5.56 Å². The second-order valence-corrected chi connectivity index (χ2v) is 4.79. The van der Waals surface area contributed by atoms with Crippen molar-refractivity contribution in [2.75, 3.05) is 0 Å². The van der Waals surface area contributed by atoms with Gasteiger partial charge in [-0.1, -0.05) is 23.2 Å². The van der Waals surface area contributed by atoms with E-state index >= 15 is 0 Å². The maximum Gasteiger partial charge on any atom is 0.294 e. The van der Waals surface area contributed by atoms with Gasteiger partial charge in [-0.15, -0.1) is 0 Å². The Bertz CT molecular complexity index is 709. The summed E-state index contributed by atoms with van der Waals surface area (Å²) in [6.45, 7) is 1.68. The van der Waals surface area contributed by atoms with Gasteiger partial charge in [0.05, 0.1) is 10.7 Å². The Hall–Kier alpha value is -1.30. The number of benzene rings is 1. The van der Waals surface area contributed by atoms with Crippen molar-refractivity contribution in [3.05, 3.63) is 49.1 Å². The number of aromatic nitrogens is 2. The minimum atomic E-state index is -0.415. The van der Waals surface area contributed by atoms with Crippen molar-refractivity contribution in [2.45, 2.75) is 6.92 Å². The molecule has 0 amide bonds. The van der Waals surface area contributed by atoms with E-state index in [0.717, 1.165) is 0 Å². The van der Waals surface area contributed by atoms with Gasteiger partial charge in [-0.05, 0) is 37.3 Å². The highest BCUT2D eigenvalue weighted by atomic mass is 35.5. The third-order valence-electron chi connectivity index (χ3n) is 2.18. The lowest BCUT2D eigenvalue weighted by atomic mass is 10.3. The summed E-state index contributed by atoms with van der Waals surface area (Å²) in [6, 6.07) is 4.75. The topological polar surface area (TPSA) is 57.9 Å². The molecule has 0 aliphatic rings. The molecule has 0 aliphatic carbocycles. The maximum absolute atomic E-state index is 11.7. The molecule has 1 aromatic carbocycles. The fourth-order valence-corrected chi connectivity index (χ4v) is 2.07. The summed E-state index contributed by atoms with van der Waals surface area (Å²) < 4.78 is 5.71. The van der Waals surface area contributed by atoms with Crippen LogP contribution in [0, 0.1) is 11.7 Å². The quantitative estimate of drug-likeness (QED) is 0.829. The molecule has 0 unspecified atom stereocenters. The minimum absolute atomic E-state index is 0.118. The first-order valence-electron chi connectivity index (χ1n) is 4.93. The molecule has 7 heteroatoms. The molecule has 0 spiro atoms. The summed E-state index contributed by atoms with van der Waals surface area (Å²) in [7, 11) is 0. The Morgan fingerprint density at radius 1 is 1.28 bits per heavy atom. The zero-order chi connectivity index (χ0) is 13.3. The minimum Gasteiger partial charge on any atom is -0.448 e. The summed E-state index contributed by atoms with van der Waals surface area (Å²) in [5, 5.41) is 0.814. The molecular weight excluding hydrogens is 295 g/mol. The maximum atomic E-state index is 11.7. The van der Waals surface area contributed by atoms with Crippen molar-refractivity contribution in [3.8, 4) is 11.5 Å². The molecule has 0 atom stereocenters. The predicted molar refractivity (Wildman–Crippen MR) is 73.5 cm³/mol. The van der Waals surface area contributed by atoms with Crippen LogP contribution in [-0.4, -0.2) is 9.97 Å². The number of halogens is 2. The van der Waals surface area contributed by atoms with E-state index in [0.29, 0.717) is 21.5 Å². The van der Waals surface area contributed by atoms with E-state index in [1.54, 1.807) is 19.1 Å². The molecule has 2 rings (SSSR count). The third-order valence-corrected chi connectivity index (χ3v) is 2.92. The van der Waals surface area contributed by atoms with Crippen molar-refractivity contribution in [1.82, 2.24) is 9.97 Å². The highest BCUT2D eigenvalue weighted by Crippen LogP contribution is 2.30. The molecule has 4 nitrogen and oxygen atoms in total. The van der Waals surface area contributed by atoms with Crippen LogP contribution in [0.15, 0.2) is 23.0 Å². The van der Waals surface area contributed by atoms with Crippen molar-refractivity contribution in [2.24, 2.45) is 0 Å². The summed E-state index contributed by atoms with van der Waals surface area (Å²) in [5.41, 5.74) is 0.108. The average molecular weight is 303 g/mol. The van der Waals surface area contributed by atoms with Crippen LogP contribution in [0.3, 0.4) is 0 Å². The molecule has 0 radical (unpaired) electrons. The number of aryl methyl sites for hydroxylation is 1. The number of hydrogen-bond acceptors (Lipinski definition) is 3. The van der Waals surface area contributed by atoms with Gasteiger partial charge in [0.1, 0.15) is 5.75 Å². The number of rotatable bonds is 2. The van der Waals surface area contributed by atoms with Gasteiger partial charge in [-0.3, -0.25) is 9.78 Å². The number of H-pyrrole nitrogens is 2. The summed E-state index contributed by atoms with van der Waals surface area (Å²) in [6.07, 6.45) is 0. The summed E-state index contributed by atoms with van der Waals surface area (Å²) >= 11 is 16.6. The zero-order valence-electron chi connectivity index (χ0n) is 9.21. The van der Waals surface area contributed by atoms with Gasteiger partial charge in [0.2, 0.25) is 5.75 Å². The average Bonchev–Trinajstić information content (AvgIpc) is 2.25. The van der Waals surface area contributed by atoms with Gasteiger partial charge in [0.25, 0.3) is 5.56 Å². The molecule has 94 valence electrons. The van der Waals surface area contributed by atoms with Gasteiger partial charge in [-0.25, -0.2) is 0 Å². The van der Waals surface area contributed by atoms with Crippen molar-refractivity contribution in [1.29, 1.82) is 0 Å². The van der Waals surface area contributed by atoms with Crippen LogP contribution in [-0.2, 0) is 0 Å². The highest BCUT2D eigenvalue weighted by Gasteiger charge is 2.10. The Labute approximate surface area is 118 Å². The molecule has 0 fully saturated rings. The molecule has 0 aliphatic heterocycles. The Morgan fingerprint density at radius 2 is 2.00 bits per heavy atom. The first-order chi connectivity index (χ1) is 8.47. The molecule has 0 bridgehead atoms. The van der Waals surface area contributed by atoms with Gasteiger partial charge in [0, 0.05) is 5.02 Å². The van der Waals surface area contributed by atoms with E-state index in [1.807, 2.05) is 0 Å². The first-order valence-corrected chi connectivity index (χ1v) is 6.10. The van der Waals surface area contributed by atoms with E-state index in [-0.39, 0.29) is 10.5 Å². The molecule has 0 saturated carbocycles. The van der Waals surface area contributed by atoms with E-state index in [1.165, 1.54) is 6.07 Å². The monoisotopic (exact) mass is 302 g/mol. The fraction of sp³-hybridized carbons (Fsp3) is 0.0909. The second-order valence-electron chi connectivity index (χ2n) is 3.54. The van der Waals surface area contributed by atoms with E-state index in [9.17, 15) is 4.79 Å². The Balaban J connectivity index is 2.46. The summed E-state index contributed by atoms with van der Waals surface area (Å²) in [4.78, 5) is 16.9. The molecule has 2 aromatic rings. The summed E-state index contributed by atoms with van der Waals surface area (Å²) in [5.74, 6) is 0.466. The standard InChI is InChI=1S/C11H8Cl2N2O2S/c1-5-9(10(16)15-11(18)14-5)17-8-3-2-6(12)4-7(8)13/h2-4H,1H3,(H2,14,15,16,18). The van der Waals surface area contributed by atoms with Crippen LogP contribution in [0.5, 0.6) is 11.5 Å². The lowest BCUT2D eigenvalue weighted by Gasteiger charge is -2.08. The lowest BCUT2D eigenvalue weighted by Crippen LogP contribution is -2.12. The van der Waals surface area contributed by atoms with Crippen molar-refractivity contribution >= 4 is 35.4 Å².